The van der Waals surface area contributed by atoms with Crippen molar-refractivity contribution in [1.29, 1.82) is 0 Å². The lowest BCUT2D eigenvalue weighted by atomic mass is 10.1. The van der Waals surface area contributed by atoms with Gasteiger partial charge in [0.15, 0.2) is 0 Å². The Bertz CT molecular complexity index is 505. The second kappa shape index (κ2) is 5.19. The monoisotopic (exact) mass is 233 g/mol. The van der Waals surface area contributed by atoms with E-state index >= 15 is 0 Å². The maximum Gasteiger partial charge on any atom is 0.143 e. The van der Waals surface area contributed by atoms with Crippen molar-refractivity contribution >= 4 is 10.9 Å². The Morgan fingerprint density at radius 2 is 2.18 bits per heavy atom. The van der Waals surface area contributed by atoms with Crippen LogP contribution in [0.4, 0.5) is 0 Å². The van der Waals surface area contributed by atoms with Crippen molar-refractivity contribution in [2.24, 2.45) is 0 Å². The number of hydrogen-bond acceptors (Lipinski definition) is 3. The minimum atomic E-state index is 0.279. The van der Waals surface area contributed by atoms with E-state index in [9.17, 15) is 5.11 Å². The molecule has 17 heavy (non-hydrogen) atoms. The molecule has 2 aromatic rings. The molecule has 0 bridgehead atoms. The lowest BCUT2D eigenvalue weighted by Crippen LogP contribution is -2.15. The van der Waals surface area contributed by atoms with Gasteiger partial charge >= 0.3 is 0 Å². The van der Waals surface area contributed by atoms with Gasteiger partial charge in [0.25, 0.3) is 0 Å². The molecule has 0 aliphatic carbocycles. The Morgan fingerprint density at radius 1 is 1.35 bits per heavy atom. The molecule has 0 aliphatic rings. The summed E-state index contributed by atoms with van der Waals surface area (Å²) in [6, 6.07) is 0. The molecule has 0 fully saturated rings. The molecule has 0 unspecified atom stereocenters. The number of nitrogens with one attached hydrogen (secondary N) is 1. The van der Waals surface area contributed by atoms with Gasteiger partial charge in [-0.25, -0.2) is 0 Å². The Labute approximate surface area is 101 Å². The molecule has 0 atom stereocenters. The predicted octanol–water partition coefficient (Wildman–Crippen LogP) is 1.91. The quantitative estimate of drug-likeness (QED) is 0.776. The zero-order chi connectivity index (χ0) is 12.3. The van der Waals surface area contributed by atoms with Gasteiger partial charge in [0.2, 0.25) is 0 Å². The fraction of sp³-hybridized carbons (Fsp3) is 0.462. The fourth-order valence-corrected chi connectivity index (χ4v) is 2.16. The number of pyridine rings is 1. The van der Waals surface area contributed by atoms with Crippen LogP contribution in [0.1, 0.15) is 19.4 Å². The van der Waals surface area contributed by atoms with E-state index in [0.29, 0.717) is 0 Å². The molecule has 0 radical (unpaired) electrons. The molecule has 0 saturated heterocycles. The molecule has 2 rings (SSSR count). The molecule has 4 heteroatoms. The van der Waals surface area contributed by atoms with Crippen molar-refractivity contribution in [2.75, 3.05) is 13.1 Å². The summed E-state index contributed by atoms with van der Waals surface area (Å²) in [5, 5.41) is 14.2. The normalized spacial score (nSPS) is 11.2. The average Bonchev–Trinajstić information content (AvgIpc) is 2.69. The maximum absolute atomic E-state index is 9.92. The Hall–Kier alpha value is -1.55. The number of rotatable bonds is 5. The van der Waals surface area contributed by atoms with E-state index < -0.39 is 0 Å². The van der Waals surface area contributed by atoms with Crippen molar-refractivity contribution in [3.05, 3.63) is 24.2 Å². The minimum Gasteiger partial charge on any atom is -0.506 e. The molecule has 2 N–H and O–H groups in total. The van der Waals surface area contributed by atoms with Gasteiger partial charge in [0, 0.05) is 18.1 Å². The SMILES string of the molecule is CCNCCc1cn(CC)c2cncc(O)c12. The third kappa shape index (κ3) is 2.26. The first kappa shape index (κ1) is 11.9. The van der Waals surface area contributed by atoms with Crippen LogP contribution in [0, 0.1) is 0 Å². The van der Waals surface area contributed by atoms with E-state index in [0.717, 1.165) is 37.0 Å². The van der Waals surface area contributed by atoms with Crippen molar-refractivity contribution in [1.82, 2.24) is 14.9 Å². The average molecular weight is 233 g/mol. The summed E-state index contributed by atoms with van der Waals surface area (Å²) in [6.07, 6.45) is 6.37. The van der Waals surface area contributed by atoms with Crippen molar-refractivity contribution in [3.63, 3.8) is 0 Å². The van der Waals surface area contributed by atoms with Crippen LogP contribution < -0.4 is 5.32 Å². The number of aromatic hydroxyl groups is 1. The van der Waals surface area contributed by atoms with Crippen molar-refractivity contribution < 1.29 is 5.11 Å². The number of aromatic nitrogens is 2. The smallest absolute Gasteiger partial charge is 0.143 e. The van der Waals surface area contributed by atoms with Gasteiger partial charge in [-0.15, -0.1) is 0 Å². The second-order valence-corrected chi connectivity index (χ2v) is 4.10. The van der Waals surface area contributed by atoms with Crippen LogP contribution >= 0.6 is 0 Å². The molecule has 0 amide bonds. The highest BCUT2D eigenvalue weighted by atomic mass is 16.3. The maximum atomic E-state index is 9.92. The predicted molar refractivity (Wildman–Crippen MR) is 69.3 cm³/mol. The van der Waals surface area contributed by atoms with Gasteiger partial charge in [-0.2, -0.15) is 0 Å². The topological polar surface area (TPSA) is 50.1 Å². The summed E-state index contributed by atoms with van der Waals surface area (Å²) >= 11 is 0. The highest BCUT2D eigenvalue weighted by Gasteiger charge is 2.11. The molecular formula is C13H19N3O. The molecular weight excluding hydrogens is 214 g/mol. The molecule has 0 aliphatic heterocycles. The van der Waals surface area contributed by atoms with E-state index in [4.69, 9.17) is 0 Å². The highest BCUT2D eigenvalue weighted by Crippen LogP contribution is 2.28. The van der Waals surface area contributed by atoms with Crippen molar-refractivity contribution in [2.45, 2.75) is 26.8 Å². The standard InChI is InChI=1S/C13H19N3O/c1-3-14-6-5-10-9-16(4-2)11-7-15-8-12(17)13(10)11/h7-9,14,17H,3-6H2,1-2H3. The van der Waals surface area contributed by atoms with Crippen LogP contribution in [0.3, 0.4) is 0 Å². The highest BCUT2D eigenvalue weighted by molar-refractivity contribution is 5.88. The number of nitrogens with zero attached hydrogens (tertiary/aromatic N) is 2. The van der Waals surface area contributed by atoms with Gasteiger partial charge in [-0.05, 0) is 32.0 Å². The van der Waals surface area contributed by atoms with Gasteiger partial charge in [0.1, 0.15) is 5.75 Å². The summed E-state index contributed by atoms with van der Waals surface area (Å²) in [6.45, 7) is 6.98. The lowest BCUT2D eigenvalue weighted by Gasteiger charge is -2.01. The Kier molecular flexibility index (Phi) is 3.64. The minimum absolute atomic E-state index is 0.279. The Balaban J connectivity index is 2.40. The molecule has 0 saturated carbocycles. The third-order valence-corrected chi connectivity index (χ3v) is 3.01. The zero-order valence-corrected chi connectivity index (χ0v) is 10.4. The van der Waals surface area contributed by atoms with E-state index in [1.54, 1.807) is 0 Å². The number of likely N-dealkylation sites (N-methyl/N-ethyl adjacent to an activating group) is 1. The van der Waals surface area contributed by atoms with Crippen LogP contribution in [0.15, 0.2) is 18.6 Å². The van der Waals surface area contributed by atoms with Crippen LogP contribution in [0.5, 0.6) is 5.75 Å². The number of aryl methyl sites for hydroxylation is 1. The molecule has 2 aromatic heterocycles. The molecule has 0 spiro atoms. The van der Waals surface area contributed by atoms with Crippen molar-refractivity contribution in [3.8, 4) is 5.75 Å². The first-order chi connectivity index (χ1) is 8.27. The summed E-state index contributed by atoms with van der Waals surface area (Å²) < 4.78 is 2.13. The van der Waals surface area contributed by atoms with Crippen LogP contribution in [-0.4, -0.2) is 27.7 Å². The summed E-state index contributed by atoms with van der Waals surface area (Å²) in [4.78, 5) is 4.04. The van der Waals surface area contributed by atoms with Crippen LogP contribution in [-0.2, 0) is 13.0 Å². The summed E-state index contributed by atoms with van der Waals surface area (Å²) in [5.41, 5.74) is 2.20. The lowest BCUT2D eigenvalue weighted by molar-refractivity contribution is 0.479. The fourth-order valence-electron chi connectivity index (χ4n) is 2.16. The first-order valence-corrected chi connectivity index (χ1v) is 6.13. The second-order valence-electron chi connectivity index (χ2n) is 4.10. The molecule has 4 nitrogen and oxygen atoms in total. The largest absolute Gasteiger partial charge is 0.506 e. The number of fused-ring (bicyclic) bond motifs is 1. The van der Waals surface area contributed by atoms with Gasteiger partial charge in [-0.3, -0.25) is 4.98 Å². The van der Waals surface area contributed by atoms with E-state index in [1.807, 2.05) is 6.20 Å². The van der Waals surface area contributed by atoms with Gasteiger partial charge < -0.3 is 15.0 Å². The number of hydrogen-bond donors (Lipinski definition) is 2. The van der Waals surface area contributed by atoms with Crippen LogP contribution in [0.2, 0.25) is 0 Å². The summed E-state index contributed by atoms with van der Waals surface area (Å²) in [5.74, 6) is 0.279. The third-order valence-electron chi connectivity index (χ3n) is 3.01. The van der Waals surface area contributed by atoms with Crippen LogP contribution in [0.25, 0.3) is 10.9 Å². The van der Waals surface area contributed by atoms with Gasteiger partial charge in [-0.1, -0.05) is 6.92 Å². The molecule has 0 aromatic carbocycles. The Morgan fingerprint density at radius 3 is 2.88 bits per heavy atom. The van der Waals surface area contributed by atoms with E-state index in [-0.39, 0.29) is 5.75 Å². The zero-order valence-electron chi connectivity index (χ0n) is 10.4. The summed E-state index contributed by atoms with van der Waals surface area (Å²) in [7, 11) is 0. The van der Waals surface area contributed by atoms with E-state index in [1.165, 1.54) is 11.8 Å². The molecule has 2 heterocycles. The van der Waals surface area contributed by atoms with E-state index in [2.05, 4.69) is 34.9 Å². The van der Waals surface area contributed by atoms with Gasteiger partial charge in [0.05, 0.1) is 17.9 Å². The first-order valence-electron chi connectivity index (χ1n) is 6.13. The molecule has 92 valence electrons.